The second-order valence-corrected chi connectivity index (χ2v) is 8.55. The van der Waals surface area contributed by atoms with Crippen LogP contribution < -0.4 is 11.0 Å². The molecule has 31 heavy (non-hydrogen) atoms. The van der Waals surface area contributed by atoms with Gasteiger partial charge in [-0.1, -0.05) is 30.3 Å². The van der Waals surface area contributed by atoms with Crippen LogP contribution in [0.15, 0.2) is 70.8 Å². The van der Waals surface area contributed by atoms with E-state index in [9.17, 15) is 9.59 Å². The van der Waals surface area contributed by atoms with Crippen molar-refractivity contribution in [1.82, 2.24) is 15.0 Å². The number of hydrogen-bond acceptors (Lipinski definition) is 5. The van der Waals surface area contributed by atoms with Crippen LogP contribution in [0.25, 0.3) is 15.9 Å². The highest BCUT2D eigenvalue weighted by atomic mass is 32.1. The summed E-state index contributed by atoms with van der Waals surface area (Å²) in [6.45, 7) is 0. The molecule has 1 amide bonds. The third kappa shape index (κ3) is 3.80. The minimum Gasteiger partial charge on any atom is -0.268 e. The minimum absolute atomic E-state index is 0.0472. The average molecular weight is 429 g/mol. The Bertz CT molecular complexity index is 1340. The molecule has 0 unspecified atom stereocenters. The second-order valence-electron chi connectivity index (χ2n) is 7.47. The molecule has 1 aliphatic carbocycles. The number of amides is 1. The van der Waals surface area contributed by atoms with E-state index in [2.05, 4.69) is 15.5 Å². The van der Waals surface area contributed by atoms with Crippen LogP contribution in [-0.4, -0.2) is 21.7 Å². The van der Waals surface area contributed by atoms with Crippen LogP contribution >= 0.6 is 11.3 Å². The highest BCUT2D eigenvalue weighted by molar-refractivity contribution is 7.18. The summed E-state index contributed by atoms with van der Waals surface area (Å²) in [6.07, 6.45) is 7.43. The monoisotopic (exact) mass is 428 g/mol. The second kappa shape index (κ2) is 8.28. The van der Waals surface area contributed by atoms with Crippen LogP contribution in [-0.2, 0) is 12.8 Å². The Balaban J connectivity index is 1.38. The summed E-state index contributed by atoms with van der Waals surface area (Å²) in [4.78, 5) is 32.2. The topological polar surface area (TPSA) is 76.3 Å². The number of rotatable bonds is 4. The van der Waals surface area contributed by atoms with Gasteiger partial charge in [-0.2, -0.15) is 5.10 Å². The van der Waals surface area contributed by atoms with Gasteiger partial charge in [0.25, 0.3) is 11.5 Å². The van der Waals surface area contributed by atoms with E-state index in [0.717, 1.165) is 35.0 Å². The number of aromatic nitrogens is 2. The minimum atomic E-state index is -0.313. The van der Waals surface area contributed by atoms with Crippen LogP contribution in [0.5, 0.6) is 0 Å². The van der Waals surface area contributed by atoms with Crippen molar-refractivity contribution in [3.63, 3.8) is 0 Å². The van der Waals surface area contributed by atoms with Crippen molar-refractivity contribution < 1.29 is 4.79 Å². The fraction of sp³-hybridized carbons (Fsp3) is 0.167. The number of aryl methyl sites for hydroxylation is 2. The number of nitrogens with one attached hydrogen (secondary N) is 1. The number of hydrogen-bond donors (Lipinski definition) is 1. The van der Waals surface area contributed by atoms with E-state index >= 15 is 0 Å². The number of carbonyl (C=O) groups is 1. The van der Waals surface area contributed by atoms with Gasteiger partial charge in [-0.15, -0.1) is 11.3 Å². The quantitative estimate of drug-likeness (QED) is 0.393. The number of thiophene rings is 1. The maximum atomic E-state index is 13.2. The van der Waals surface area contributed by atoms with Crippen molar-refractivity contribution >= 4 is 33.7 Å². The highest BCUT2D eigenvalue weighted by Gasteiger charge is 2.20. The maximum absolute atomic E-state index is 13.2. The molecule has 1 aliphatic rings. The van der Waals surface area contributed by atoms with Crippen LogP contribution in [0.1, 0.15) is 39.2 Å². The third-order valence-corrected chi connectivity index (χ3v) is 6.66. The molecule has 7 heteroatoms. The van der Waals surface area contributed by atoms with Crippen molar-refractivity contribution in [2.75, 3.05) is 0 Å². The van der Waals surface area contributed by atoms with E-state index in [-0.39, 0.29) is 11.5 Å². The summed E-state index contributed by atoms with van der Waals surface area (Å²) in [6, 6.07) is 16.4. The van der Waals surface area contributed by atoms with E-state index in [0.29, 0.717) is 11.3 Å². The lowest BCUT2D eigenvalue weighted by Crippen LogP contribution is -2.20. The van der Waals surface area contributed by atoms with E-state index < -0.39 is 0 Å². The van der Waals surface area contributed by atoms with Gasteiger partial charge in [-0.3, -0.25) is 14.2 Å². The molecule has 2 heterocycles. The molecule has 0 atom stereocenters. The third-order valence-electron chi connectivity index (χ3n) is 5.46. The molecule has 0 spiro atoms. The van der Waals surface area contributed by atoms with Gasteiger partial charge < -0.3 is 0 Å². The van der Waals surface area contributed by atoms with E-state index in [1.165, 1.54) is 16.9 Å². The molecule has 0 fully saturated rings. The Morgan fingerprint density at radius 3 is 2.65 bits per heavy atom. The van der Waals surface area contributed by atoms with Crippen LogP contribution in [0.3, 0.4) is 0 Å². The average Bonchev–Trinajstić information content (AvgIpc) is 3.20. The summed E-state index contributed by atoms with van der Waals surface area (Å²) in [5.41, 5.74) is 5.69. The first kappa shape index (κ1) is 19.4. The molecule has 0 saturated heterocycles. The predicted octanol–water partition coefficient (Wildman–Crippen LogP) is 4.09. The van der Waals surface area contributed by atoms with Gasteiger partial charge in [0.2, 0.25) is 0 Å². The lowest BCUT2D eigenvalue weighted by Gasteiger charge is -2.10. The Morgan fingerprint density at radius 1 is 1.06 bits per heavy atom. The zero-order valence-electron chi connectivity index (χ0n) is 16.7. The summed E-state index contributed by atoms with van der Waals surface area (Å²) < 4.78 is 1.55. The van der Waals surface area contributed by atoms with E-state index in [1.807, 2.05) is 30.3 Å². The normalized spacial score (nSPS) is 13.4. The number of hydrazone groups is 1. The molecular weight excluding hydrogens is 408 g/mol. The van der Waals surface area contributed by atoms with E-state index in [4.69, 9.17) is 0 Å². The van der Waals surface area contributed by atoms with Crippen molar-refractivity contribution in [2.24, 2.45) is 5.10 Å². The largest absolute Gasteiger partial charge is 0.271 e. The molecule has 2 aromatic heterocycles. The number of fused-ring (bicyclic) bond motifs is 3. The Morgan fingerprint density at radius 2 is 1.84 bits per heavy atom. The summed E-state index contributed by atoms with van der Waals surface area (Å²) >= 11 is 1.64. The lowest BCUT2D eigenvalue weighted by atomic mass is 9.97. The van der Waals surface area contributed by atoms with Crippen molar-refractivity contribution in [3.05, 3.63) is 92.8 Å². The van der Waals surface area contributed by atoms with Crippen LogP contribution in [0.2, 0.25) is 0 Å². The van der Waals surface area contributed by atoms with Gasteiger partial charge in [0.05, 0.1) is 17.3 Å². The molecule has 6 nitrogen and oxygen atoms in total. The van der Waals surface area contributed by atoms with Crippen molar-refractivity contribution in [1.29, 1.82) is 0 Å². The predicted molar refractivity (Wildman–Crippen MR) is 123 cm³/mol. The van der Waals surface area contributed by atoms with Gasteiger partial charge in [-0.05, 0) is 61.1 Å². The number of benzene rings is 2. The Labute approximate surface area is 182 Å². The Kier molecular flexibility index (Phi) is 5.18. The molecule has 0 bridgehead atoms. The fourth-order valence-electron chi connectivity index (χ4n) is 3.87. The zero-order chi connectivity index (χ0) is 21.2. The SMILES string of the molecule is O=C(N/N=C\c1ccccc1)c1ccc(-n2cnc3sc4c(c3c2=O)CCCC4)cc1. The molecule has 1 N–H and O–H groups in total. The van der Waals surface area contributed by atoms with Gasteiger partial charge >= 0.3 is 0 Å². The van der Waals surface area contributed by atoms with Gasteiger partial charge in [0, 0.05) is 10.4 Å². The number of nitrogens with zero attached hydrogens (tertiary/aromatic N) is 3. The fourth-order valence-corrected chi connectivity index (χ4v) is 5.09. The first-order chi connectivity index (χ1) is 15.2. The first-order valence-corrected chi connectivity index (χ1v) is 11.0. The first-order valence-electron chi connectivity index (χ1n) is 10.2. The summed E-state index contributed by atoms with van der Waals surface area (Å²) in [5.74, 6) is -0.313. The van der Waals surface area contributed by atoms with Gasteiger partial charge in [0.15, 0.2) is 0 Å². The molecule has 2 aromatic carbocycles. The lowest BCUT2D eigenvalue weighted by molar-refractivity contribution is 0.0955. The maximum Gasteiger partial charge on any atom is 0.271 e. The molecule has 4 aromatic rings. The summed E-state index contributed by atoms with van der Waals surface area (Å²) in [5, 5.41) is 4.74. The molecule has 0 saturated carbocycles. The highest BCUT2D eigenvalue weighted by Crippen LogP contribution is 2.33. The number of carbonyl (C=O) groups excluding carboxylic acids is 1. The molecule has 154 valence electrons. The molecule has 5 rings (SSSR count). The van der Waals surface area contributed by atoms with Crippen LogP contribution in [0.4, 0.5) is 0 Å². The molecule has 0 aliphatic heterocycles. The standard InChI is InChI=1S/C24H20N4O2S/c29-22(27-26-14-16-6-2-1-3-7-16)17-10-12-18(13-11-17)28-15-25-23-21(24(28)30)19-8-4-5-9-20(19)31-23/h1-3,6-7,10-15H,4-5,8-9H2,(H,27,29)/b26-14-. The van der Waals surface area contributed by atoms with Crippen molar-refractivity contribution in [2.45, 2.75) is 25.7 Å². The van der Waals surface area contributed by atoms with E-state index in [1.54, 1.807) is 52.7 Å². The molecular formula is C24H20N4O2S. The van der Waals surface area contributed by atoms with Crippen LogP contribution in [0, 0.1) is 0 Å². The van der Waals surface area contributed by atoms with Gasteiger partial charge in [0.1, 0.15) is 11.2 Å². The smallest absolute Gasteiger partial charge is 0.268 e. The van der Waals surface area contributed by atoms with Gasteiger partial charge in [-0.25, -0.2) is 10.4 Å². The van der Waals surface area contributed by atoms with Crippen molar-refractivity contribution in [3.8, 4) is 5.69 Å². The summed E-state index contributed by atoms with van der Waals surface area (Å²) in [7, 11) is 0. The Hall–Kier alpha value is -3.58. The molecule has 0 radical (unpaired) electrons. The zero-order valence-corrected chi connectivity index (χ0v) is 17.6.